The summed E-state index contributed by atoms with van der Waals surface area (Å²) in [6.07, 6.45) is 4.30. The Labute approximate surface area is 114 Å². The molecule has 0 aliphatic heterocycles. The highest BCUT2D eigenvalue weighted by molar-refractivity contribution is 8.00. The first-order valence-electron chi connectivity index (χ1n) is 5.66. The molecule has 2 aromatic heterocycles. The Morgan fingerprint density at radius 1 is 1.50 bits per heavy atom. The summed E-state index contributed by atoms with van der Waals surface area (Å²) >= 11 is 3.16. The van der Waals surface area contributed by atoms with E-state index in [0.717, 1.165) is 21.3 Å². The van der Waals surface area contributed by atoms with Gasteiger partial charge >= 0.3 is 0 Å². The normalized spacial score (nSPS) is 14.7. The fourth-order valence-electron chi connectivity index (χ4n) is 1.44. The molecule has 0 aliphatic rings. The molecule has 2 aromatic rings. The van der Waals surface area contributed by atoms with E-state index in [1.54, 1.807) is 23.1 Å². The molecule has 2 N–H and O–H groups in total. The van der Waals surface area contributed by atoms with Crippen LogP contribution in [-0.2, 0) is 0 Å². The highest BCUT2D eigenvalue weighted by Gasteiger charge is 2.23. The third-order valence-corrected chi connectivity index (χ3v) is 4.93. The SMILES string of the molecule is CCC(C)(CO)Nc1ncnc2nc(SC)sc12. The van der Waals surface area contributed by atoms with Crippen molar-refractivity contribution >= 4 is 39.3 Å². The second kappa shape index (κ2) is 5.38. The number of thioether (sulfide) groups is 1. The van der Waals surface area contributed by atoms with Crippen molar-refractivity contribution in [3.05, 3.63) is 6.33 Å². The summed E-state index contributed by atoms with van der Waals surface area (Å²) in [4.78, 5) is 12.8. The third-order valence-electron chi connectivity index (χ3n) is 2.90. The highest BCUT2D eigenvalue weighted by Crippen LogP contribution is 2.32. The Balaban J connectivity index is 2.41. The number of nitrogens with one attached hydrogen (secondary N) is 1. The van der Waals surface area contributed by atoms with Gasteiger partial charge in [-0.1, -0.05) is 18.7 Å². The van der Waals surface area contributed by atoms with Crippen molar-refractivity contribution in [1.82, 2.24) is 15.0 Å². The van der Waals surface area contributed by atoms with Crippen molar-refractivity contribution in [3.8, 4) is 0 Å². The number of fused-ring (bicyclic) bond motifs is 1. The Morgan fingerprint density at radius 3 is 2.89 bits per heavy atom. The quantitative estimate of drug-likeness (QED) is 0.821. The molecule has 2 heterocycles. The molecule has 18 heavy (non-hydrogen) atoms. The lowest BCUT2D eigenvalue weighted by atomic mass is 10.0. The van der Waals surface area contributed by atoms with Crippen molar-refractivity contribution in [2.75, 3.05) is 18.2 Å². The van der Waals surface area contributed by atoms with Crippen LogP contribution in [-0.4, -0.2) is 38.5 Å². The third kappa shape index (κ3) is 2.57. The van der Waals surface area contributed by atoms with Gasteiger partial charge in [0.25, 0.3) is 0 Å². The second-order valence-electron chi connectivity index (χ2n) is 4.26. The minimum atomic E-state index is -0.370. The van der Waals surface area contributed by atoms with Gasteiger partial charge in [-0.05, 0) is 19.6 Å². The van der Waals surface area contributed by atoms with Crippen LogP contribution in [0.5, 0.6) is 0 Å². The first kappa shape index (κ1) is 13.5. The first-order valence-corrected chi connectivity index (χ1v) is 7.70. The zero-order valence-electron chi connectivity index (χ0n) is 10.6. The standard InChI is InChI=1S/C11H16N4OS2/c1-4-11(2,5-16)15-9-7-8(12-6-13-9)14-10(17-3)18-7/h6,16H,4-5H2,1-3H3,(H,12,13,15). The average Bonchev–Trinajstić information content (AvgIpc) is 2.83. The van der Waals surface area contributed by atoms with Crippen LogP contribution in [0.25, 0.3) is 10.3 Å². The fraction of sp³-hybridized carbons (Fsp3) is 0.545. The summed E-state index contributed by atoms with van der Waals surface area (Å²) in [5.41, 5.74) is 0.336. The molecule has 0 saturated heterocycles. The maximum atomic E-state index is 9.45. The van der Waals surface area contributed by atoms with Gasteiger partial charge in [0.15, 0.2) is 9.99 Å². The maximum Gasteiger partial charge on any atom is 0.176 e. The number of nitrogens with zero attached hydrogens (tertiary/aromatic N) is 3. The topological polar surface area (TPSA) is 70.9 Å². The van der Waals surface area contributed by atoms with Gasteiger partial charge in [-0.2, -0.15) is 0 Å². The van der Waals surface area contributed by atoms with E-state index in [4.69, 9.17) is 0 Å². The van der Waals surface area contributed by atoms with Crippen LogP contribution in [0, 0.1) is 0 Å². The molecular weight excluding hydrogens is 268 g/mol. The lowest BCUT2D eigenvalue weighted by Crippen LogP contribution is -2.38. The average molecular weight is 284 g/mol. The van der Waals surface area contributed by atoms with Gasteiger partial charge in [0.1, 0.15) is 16.8 Å². The smallest absolute Gasteiger partial charge is 0.176 e. The molecule has 98 valence electrons. The van der Waals surface area contributed by atoms with Crippen LogP contribution in [0.3, 0.4) is 0 Å². The number of anilines is 1. The zero-order chi connectivity index (χ0) is 13.2. The molecule has 7 heteroatoms. The minimum absolute atomic E-state index is 0.0587. The number of hydrogen-bond donors (Lipinski definition) is 2. The van der Waals surface area contributed by atoms with E-state index in [-0.39, 0.29) is 12.1 Å². The lowest BCUT2D eigenvalue weighted by molar-refractivity contribution is 0.218. The van der Waals surface area contributed by atoms with Gasteiger partial charge in [-0.15, -0.1) is 11.3 Å². The van der Waals surface area contributed by atoms with E-state index in [0.29, 0.717) is 5.65 Å². The van der Waals surface area contributed by atoms with Gasteiger partial charge in [0, 0.05) is 0 Å². The van der Waals surface area contributed by atoms with Crippen molar-refractivity contribution < 1.29 is 5.11 Å². The molecule has 0 bridgehead atoms. The number of aromatic nitrogens is 3. The Kier molecular flexibility index (Phi) is 4.04. The van der Waals surface area contributed by atoms with Gasteiger partial charge < -0.3 is 10.4 Å². The molecular formula is C11H16N4OS2. The van der Waals surface area contributed by atoms with E-state index in [1.165, 1.54) is 6.33 Å². The number of hydrogen-bond acceptors (Lipinski definition) is 7. The molecule has 0 aromatic carbocycles. The van der Waals surface area contributed by atoms with E-state index >= 15 is 0 Å². The predicted molar refractivity (Wildman–Crippen MR) is 76.4 cm³/mol. The molecule has 5 nitrogen and oxygen atoms in total. The van der Waals surface area contributed by atoms with Gasteiger partial charge in [0.2, 0.25) is 0 Å². The molecule has 0 amide bonds. The van der Waals surface area contributed by atoms with Crippen molar-refractivity contribution in [2.24, 2.45) is 0 Å². The number of thiazole rings is 1. The summed E-state index contributed by atoms with van der Waals surface area (Å²) in [6, 6.07) is 0. The lowest BCUT2D eigenvalue weighted by Gasteiger charge is -2.27. The molecule has 0 aliphatic carbocycles. The van der Waals surface area contributed by atoms with Crippen molar-refractivity contribution in [3.63, 3.8) is 0 Å². The Bertz CT molecular complexity index is 539. The summed E-state index contributed by atoms with van der Waals surface area (Å²) in [5.74, 6) is 0.746. The van der Waals surface area contributed by atoms with Gasteiger partial charge in [0.05, 0.1) is 12.1 Å². The second-order valence-corrected chi connectivity index (χ2v) is 6.31. The van der Waals surface area contributed by atoms with Crippen LogP contribution in [0.4, 0.5) is 5.82 Å². The minimum Gasteiger partial charge on any atom is -0.394 e. The van der Waals surface area contributed by atoms with E-state index in [2.05, 4.69) is 20.3 Å². The van der Waals surface area contributed by atoms with Gasteiger partial charge in [-0.3, -0.25) is 0 Å². The molecule has 0 saturated carbocycles. The number of aliphatic hydroxyl groups is 1. The molecule has 2 rings (SSSR count). The monoisotopic (exact) mass is 284 g/mol. The van der Waals surface area contributed by atoms with Crippen LogP contribution in [0.2, 0.25) is 0 Å². The molecule has 1 unspecified atom stereocenters. The molecule has 1 atom stereocenters. The summed E-state index contributed by atoms with van der Waals surface area (Å²) < 4.78 is 1.91. The zero-order valence-corrected chi connectivity index (χ0v) is 12.2. The van der Waals surface area contributed by atoms with Crippen molar-refractivity contribution in [2.45, 2.75) is 30.1 Å². The predicted octanol–water partition coefficient (Wildman–Crippen LogP) is 2.38. The maximum absolute atomic E-state index is 9.45. The number of rotatable bonds is 5. The van der Waals surface area contributed by atoms with Crippen LogP contribution in [0.1, 0.15) is 20.3 Å². The molecule has 0 fully saturated rings. The largest absolute Gasteiger partial charge is 0.394 e. The van der Waals surface area contributed by atoms with E-state index in [1.807, 2.05) is 20.1 Å². The van der Waals surface area contributed by atoms with Gasteiger partial charge in [-0.25, -0.2) is 15.0 Å². The summed E-state index contributed by atoms with van der Waals surface area (Å²) in [5, 5.41) is 12.7. The first-order chi connectivity index (χ1) is 8.61. The Morgan fingerprint density at radius 2 is 2.28 bits per heavy atom. The highest BCUT2D eigenvalue weighted by atomic mass is 32.2. The van der Waals surface area contributed by atoms with Crippen molar-refractivity contribution in [1.29, 1.82) is 0 Å². The van der Waals surface area contributed by atoms with Crippen LogP contribution < -0.4 is 5.32 Å². The number of aliphatic hydroxyl groups excluding tert-OH is 1. The van der Waals surface area contributed by atoms with E-state index < -0.39 is 0 Å². The molecule has 0 spiro atoms. The summed E-state index contributed by atoms with van der Waals surface area (Å²) in [7, 11) is 0. The van der Waals surface area contributed by atoms with E-state index in [9.17, 15) is 5.11 Å². The Hall–Kier alpha value is -0.920. The van der Waals surface area contributed by atoms with Crippen LogP contribution >= 0.6 is 23.1 Å². The summed E-state index contributed by atoms with van der Waals surface area (Å²) in [6.45, 7) is 4.06. The molecule has 0 radical (unpaired) electrons. The van der Waals surface area contributed by atoms with Crippen LogP contribution in [0.15, 0.2) is 10.7 Å². The fourth-order valence-corrected chi connectivity index (χ4v) is 2.89.